The molecule has 0 unspecified atom stereocenters. The summed E-state index contributed by atoms with van der Waals surface area (Å²) >= 11 is 0. The van der Waals surface area contributed by atoms with Crippen LogP contribution in [0.3, 0.4) is 0 Å². The Bertz CT molecular complexity index is 3990. The molecule has 14 rings (SSSR count). The van der Waals surface area contributed by atoms with Crippen molar-refractivity contribution in [3.8, 4) is 11.1 Å². The van der Waals surface area contributed by atoms with Gasteiger partial charge in [-0.15, -0.1) is 0 Å². The van der Waals surface area contributed by atoms with E-state index in [2.05, 4.69) is 218 Å². The van der Waals surface area contributed by atoms with Gasteiger partial charge in [-0.2, -0.15) is 0 Å². The maximum atomic E-state index is 7.19. The highest BCUT2D eigenvalue weighted by atomic mass is 31.1. The number of rotatable bonds is 5. The van der Waals surface area contributed by atoms with E-state index in [0.717, 1.165) is 98.1 Å². The minimum absolute atomic E-state index is 0.555. The fourth-order valence-corrected chi connectivity index (χ4v) is 13.6. The molecule has 12 aromatic carbocycles. The number of fused-ring (bicyclic) bond motifs is 16. The maximum absolute atomic E-state index is 7.19. The van der Waals surface area contributed by atoms with Crippen LogP contribution in [0.4, 0.5) is 0 Å². The highest BCUT2D eigenvalue weighted by molar-refractivity contribution is 7.36. The number of benzene rings is 12. The van der Waals surface area contributed by atoms with Crippen molar-refractivity contribution < 1.29 is 16.8 Å². The predicted molar refractivity (Wildman–Crippen MR) is 288 cm³/mol. The Hall–Kier alpha value is -8.00. The van der Waals surface area contributed by atoms with E-state index in [1.807, 2.05) is 0 Å². The van der Waals surface area contributed by atoms with Crippen LogP contribution in [0.5, 0.6) is 0 Å². The zero-order valence-electron chi connectivity index (χ0n) is 36.7. The van der Waals surface area contributed by atoms with Gasteiger partial charge in [0, 0.05) is 21.5 Å². The van der Waals surface area contributed by atoms with Crippen LogP contribution in [0.15, 0.2) is 235 Å². The van der Waals surface area contributed by atoms with E-state index in [4.69, 9.17) is 16.8 Å². The molecule has 0 fully saturated rings. The summed E-state index contributed by atoms with van der Waals surface area (Å²) in [5.41, 5.74) is 8.01. The predicted octanol–water partition coefficient (Wildman–Crippen LogP) is 19.6. The van der Waals surface area contributed by atoms with Crippen LogP contribution in [0, 0.1) is 0 Å². The van der Waals surface area contributed by atoms with E-state index in [1.165, 1.54) is 32.7 Å². The Morgan fingerprint density at radius 3 is 0.765 bits per heavy atom. The Balaban J connectivity index is 1.02. The molecule has 0 saturated carbocycles. The molecule has 0 saturated heterocycles. The second-order valence-electron chi connectivity index (χ2n) is 17.6. The topological polar surface area (TPSA) is 52.6 Å². The fourth-order valence-electron chi connectivity index (χ4n) is 10.7. The summed E-state index contributed by atoms with van der Waals surface area (Å²) in [5.74, 6) is 0. The van der Waals surface area contributed by atoms with Crippen LogP contribution in [-0.4, -0.2) is 0 Å². The first-order valence-electron chi connectivity index (χ1n) is 23.1. The monoisotopic (exact) mass is 910 g/mol. The molecule has 2 aromatic heterocycles. The molecule has 0 bridgehead atoms. The van der Waals surface area contributed by atoms with Crippen LogP contribution in [0.1, 0.15) is 11.1 Å². The lowest BCUT2D eigenvalue weighted by Gasteiger charge is -2.19. The van der Waals surface area contributed by atoms with Crippen LogP contribution in [-0.2, 0) is 12.3 Å². The van der Waals surface area contributed by atoms with Gasteiger partial charge in [-0.3, -0.25) is 0 Å². The third kappa shape index (κ3) is 6.37. The van der Waals surface area contributed by atoms with Crippen molar-refractivity contribution >= 4 is 125 Å². The average molecular weight is 911 g/mol. The van der Waals surface area contributed by atoms with Crippen LogP contribution in [0.2, 0.25) is 0 Å². The first-order valence-corrected chi connectivity index (χ1v) is 25.8. The summed E-state index contributed by atoms with van der Waals surface area (Å²) in [5, 5.41) is 18.2. The van der Waals surface area contributed by atoms with Crippen molar-refractivity contribution in [1.29, 1.82) is 0 Å². The molecule has 0 amide bonds. The van der Waals surface area contributed by atoms with E-state index in [1.54, 1.807) is 0 Å². The molecule has 2 heterocycles. The van der Waals surface area contributed by atoms with E-state index in [-0.39, 0.29) is 0 Å². The molecular formula is C62H40O4P2. The zero-order valence-corrected chi connectivity index (χ0v) is 38.5. The lowest BCUT2D eigenvalue weighted by molar-refractivity contribution is 0.638. The molecule has 68 heavy (non-hydrogen) atoms. The highest BCUT2D eigenvalue weighted by Gasteiger charge is 2.22. The van der Waals surface area contributed by atoms with E-state index >= 15 is 0 Å². The first kappa shape index (κ1) is 39.2. The van der Waals surface area contributed by atoms with Gasteiger partial charge >= 0.3 is 0 Å². The summed E-state index contributed by atoms with van der Waals surface area (Å²) in [6, 6.07) is 78.1. The zero-order chi connectivity index (χ0) is 44.7. The summed E-state index contributed by atoms with van der Waals surface area (Å²) in [6.07, 6.45) is 1.11. The van der Waals surface area contributed by atoms with Crippen LogP contribution in [0.25, 0.3) is 120 Å². The summed E-state index contributed by atoms with van der Waals surface area (Å²) in [4.78, 5) is 0. The fraction of sp³-hybridized carbons (Fsp3) is 0.0323. The van der Waals surface area contributed by atoms with Gasteiger partial charge in [0.25, 0.3) is 0 Å². The molecule has 0 aliphatic rings. The molecule has 6 heteroatoms. The van der Waals surface area contributed by atoms with Crippen molar-refractivity contribution in [2.24, 2.45) is 0 Å². The van der Waals surface area contributed by atoms with Crippen molar-refractivity contribution in [1.82, 2.24) is 0 Å². The molecular weight excluding hydrogens is 871 g/mol. The van der Waals surface area contributed by atoms with Gasteiger partial charge in [-0.25, -0.2) is 0 Å². The van der Waals surface area contributed by atoms with Crippen LogP contribution < -0.4 is 0 Å². The molecule has 0 spiro atoms. The first-order chi connectivity index (χ1) is 33.7. The molecule has 0 atom stereocenters. The Morgan fingerprint density at radius 2 is 0.471 bits per heavy atom. The highest BCUT2D eigenvalue weighted by Crippen LogP contribution is 2.49. The van der Waals surface area contributed by atoms with Gasteiger partial charge in [0.2, 0.25) is 16.0 Å². The van der Waals surface area contributed by atoms with Gasteiger partial charge in [-0.1, -0.05) is 194 Å². The second-order valence-corrected chi connectivity index (χ2v) is 20.3. The number of hydrogen-bond donors (Lipinski definition) is 0. The molecule has 0 radical (unpaired) electrons. The van der Waals surface area contributed by atoms with Crippen molar-refractivity contribution in [3.05, 3.63) is 230 Å². The second kappa shape index (κ2) is 15.8. The van der Waals surface area contributed by atoms with E-state index < -0.39 is 16.0 Å². The van der Waals surface area contributed by atoms with Gasteiger partial charge < -0.3 is 16.8 Å². The van der Waals surface area contributed by atoms with E-state index in [0.29, 0.717) is 12.3 Å². The normalized spacial score (nSPS) is 11.9. The van der Waals surface area contributed by atoms with Crippen molar-refractivity contribution in [2.75, 3.05) is 0 Å². The van der Waals surface area contributed by atoms with Gasteiger partial charge in [0.1, 0.15) is 22.3 Å². The minimum Gasteiger partial charge on any atom is -0.419 e. The van der Waals surface area contributed by atoms with Gasteiger partial charge in [0.15, 0.2) is 0 Å². The van der Waals surface area contributed by atoms with Gasteiger partial charge in [-0.05, 0) is 111 Å². The smallest absolute Gasteiger partial charge is 0.221 e. The molecule has 322 valence electrons. The quantitative estimate of drug-likeness (QED) is 0.173. The summed E-state index contributed by atoms with van der Waals surface area (Å²) < 4.78 is 28.8. The Labute approximate surface area is 392 Å². The third-order valence-corrected chi connectivity index (χ3v) is 16.5. The molecule has 4 nitrogen and oxygen atoms in total. The van der Waals surface area contributed by atoms with Crippen LogP contribution >= 0.6 is 16.0 Å². The Kier molecular flexibility index (Phi) is 9.12. The number of hydrogen-bond acceptors (Lipinski definition) is 4. The van der Waals surface area contributed by atoms with Crippen molar-refractivity contribution in [2.45, 2.75) is 12.3 Å². The molecule has 0 aliphatic carbocycles. The van der Waals surface area contributed by atoms with E-state index in [9.17, 15) is 0 Å². The minimum atomic E-state index is -1.53. The summed E-state index contributed by atoms with van der Waals surface area (Å²) in [6.45, 7) is 0. The average Bonchev–Trinajstić information content (AvgIpc) is 3.66. The van der Waals surface area contributed by atoms with Crippen molar-refractivity contribution in [3.63, 3.8) is 0 Å². The lowest BCUT2D eigenvalue weighted by Crippen LogP contribution is -1.96. The lowest BCUT2D eigenvalue weighted by atomic mass is 9.88. The maximum Gasteiger partial charge on any atom is 0.221 e. The molecule has 14 aromatic rings. The standard InChI is InChI=1S/C62H40O4P2/c1-7-19-47-39(13-1)25-27-45(37-67-63-53-33-29-41-15-3-9-21-49(41)59(53)60-50-22-10-4-16-42(50)30-34-54(60)64-67)57(47)58-46(28-26-40-14-2-8-20-48(40)58)38-68-65-55-35-31-43-17-5-11-23-51(43)61(55)62-52-24-12-6-18-44(52)32-36-56(62)66-68/h1-36H,37-38H2. The largest absolute Gasteiger partial charge is 0.419 e. The molecule has 0 aliphatic heterocycles. The SMILES string of the molecule is c1ccc2c(-c3c(Cp4oc5ccc6ccccc6c5c5c(ccc6ccccc65)o4)ccc4ccccc34)c(Cp3oc4ccc5ccccc5c4c4c(ccc5ccccc54)o3)ccc2c1. The Morgan fingerprint density at radius 1 is 0.235 bits per heavy atom. The van der Waals surface area contributed by atoms with Gasteiger partial charge in [0.05, 0.1) is 12.3 Å². The summed E-state index contributed by atoms with van der Waals surface area (Å²) in [7, 11) is -3.05. The third-order valence-electron chi connectivity index (χ3n) is 13.7. The molecule has 0 N–H and O–H groups in total.